The van der Waals surface area contributed by atoms with Crippen LogP contribution in [0, 0.1) is 5.92 Å². The minimum atomic E-state index is -0.0677. The molecule has 1 aromatic carbocycles. The van der Waals surface area contributed by atoms with E-state index in [0.29, 0.717) is 6.54 Å². The van der Waals surface area contributed by atoms with Crippen LogP contribution in [0.5, 0.6) is 0 Å². The first kappa shape index (κ1) is 18.6. The van der Waals surface area contributed by atoms with Gasteiger partial charge in [0, 0.05) is 24.0 Å². The molecule has 2 rings (SSSR count). The fourth-order valence-corrected chi connectivity index (χ4v) is 1.87. The second-order valence-corrected chi connectivity index (χ2v) is 4.32. The maximum absolute atomic E-state index is 12.0. The lowest BCUT2D eigenvalue weighted by Gasteiger charge is -2.13. The monoisotopic (exact) mass is 315 g/mol. The lowest BCUT2D eigenvalue weighted by Crippen LogP contribution is -2.28. The smallest absolute Gasteiger partial charge is 0.228 e. The Balaban J connectivity index is 0.00000180. The number of carbonyl (C=O) groups excluding carboxylic acids is 1. The van der Waals surface area contributed by atoms with Gasteiger partial charge in [0.05, 0.1) is 11.2 Å². The Morgan fingerprint density at radius 3 is 2.70 bits per heavy atom. The van der Waals surface area contributed by atoms with Gasteiger partial charge in [-0.2, -0.15) is 0 Å². The number of carbonyl (C=O) groups is 1. The zero-order valence-electron chi connectivity index (χ0n) is 11.4. The van der Waals surface area contributed by atoms with Crippen molar-refractivity contribution in [1.29, 1.82) is 0 Å². The Hall–Kier alpha value is -1.36. The first-order chi connectivity index (χ1) is 8.72. The van der Waals surface area contributed by atoms with Crippen LogP contribution in [0.1, 0.15) is 6.92 Å². The largest absolute Gasteiger partial charge is 0.325 e. The molecule has 4 nitrogen and oxygen atoms in total. The topological polar surface area (TPSA) is 54.0 Å². The van der Waals surface area contributed by atoms with Gasteiger partial charge in [-0.15, -0.1) is 24.8 Å². The molecular weight excluding hydrogens is 297 g/mol. The molecule has 0 fully saturated rings. The zero-order chi connectivity index (χ0) is 13.0. The normalized spacial score (nSPS) is 11.1. The fraction of sp³-hybridized carbons (Fsp3) is 0.286. The molecule has 1 heterocycles. The van der Waals surface area contributed by atoms with Crippen LogP contribution >= 0.6 is 24.8 Å². The van der Waals surface area contributed by atoms with Gasteiger partial charge in [-0.1, -0.05) is 13.0 Å². The Kier molecular flexibility index (Phi) is 8.15. The minimum Gasteiger partial charge on any atom is -0.325 e. The van der Waals surface area contributed by atoms with E-state index >= 15 is 0 Å². The number of benzene rings is 1. The summed E-state index contributed by atoms with van der Waals surface area (Å²) in [6.07, 6.45) is 1.75. The first-order valence-electron chi connectivity index (χ1n) is 6.01. The molecule has 0 aliphatic heterocycles. The van der Waals surface area contributed by atoms with Crippen molar-refractivity contribution in [2.24, 2.45) is 5.92 Å². The predicted octanol–water partition coefficient (Wildman–Crippen LogP) is 2.87. The van der Waals surface area contributed by atoms with Crippen LogP contribution in [0.25, 0.3) is 10.9 Å². The Labute approximate surface area is 131 Å². The summed E-state index contributed by atoms with van der Waals surface area (Å²) in [5.74, 6) is -0.0531. The molecule has 1 unspecified atom stereocenters. The van der Waals surface area contributed by atoms with Gasteiger partial charge in [0.15, 0.2) is 0 Å². The van der Waals surface area contributed by atoms with Crippen molar-refractivity contribution < 1.29 is 4.79 Å². The Morgan fingerprint density at radius 1 is 1.25 bits per heavy atom. The summed E-state index contributed by atoms with van der Waals surface area (Å²) >= 11 is 0. The van der Waals surface area contributed by atoms with Crippen LogP contribution in [0.15, 0.2) is 36.5 Å². The summed E-state index contributed by atoms with van der Waals surface area (Å²) in [5.41, 5.74) is 1.70. The number of hydrogen-bond acceptors (Lipinski definition) is 3. The van der Waals surface area contributed by atoms with Gasteiger partial charge in [-0.3, -0.25) is 9.78 Å². The zero-order valence-corrected chi connectivity index (χ0v) is 13.1. The molecular formula is C14H19Cl2N3O. The summed E-state index contributed by atoms with van der Waals surface area (Å²) in [4.78, 5) is 16.2. The quantitative estimate of drug-likeness (QED) is 0.912. The third kappa shape index (κ3) is 4.34. The van der Waals surface area contributed by atoms with E-state index in [1.807, 2.05) is 44.3 Å². The van der Waals surface area contributed by atoms with Gasteiger partial charge in [0.2, 0.25) is 5.91 Å². The third-order valence-corrected chi connectivity index (χ3v) is 2.86. The molecule has 0 saturated heterocycles. The lowest BCUT2D eigenvalue weighted by molar-refractivity contribution is -0.119. The van der Waals surface area contributed by atoms with Gasteiger partial charge in [0.1, 0.15) is 0 Å². The number of nitrogens with one attached hydrogen (secondary N) is 2. The number of halogens is 2. The van der Waals surface area contributed by atoms with Gasteiger partial charge in [0.25, 0.3) is 0 Å². The predicted molar refractivity (Wildman–Crippen MR) is 88.0 cm³/mol. The molecule has 1 aromatic heterocycles. The molecule has 1 atom stereocenters. The van der Waals surface area contributed by atoms with Crippen LogP contribution in [-0.2, 0) is 4.79 Å². The standard InChI is InChI=1S/C14H17N3O.2ClH/c1-10(9-15-2)14(18)17-13-7-3-6-12-11(13)5-4-8-16-12;;/h3-8,10,15H,9H2,1-2H3,(H,17,18);2*1H. The third-order valence-electron chi connectivity index (χ3n) is 2.86. The van der Waals surface area contributed by atoms with Crippen molar-refractivity contribution in [1.82, 2.24) is 10.3 Å². The molecule has 0 aliphatic rings. The van der Waals surface area contributed by atoms with Gasteiger partial charge >= 0.3 is 0 Å². The molecule has 20 heavy (non-hydrogen) atoms. The summed E-state index contributed by atoms with van der Waals surface area (Å²) in [5, 5.41) is 6.91. The molecule has 2 N–H and O–H groups in total. The molecule has 0 spiro atoms. The molecule has 110 valence electrons. The first-order valence-corrected chi connectivity index (χ1v) is 6.01. The van der Waals surface area contributed by atoms with Gasteiger partial charge in [-0.05, 0) is 31.3 Å². The number of fused-ring (bicyclic) bond motifs is 1. The van der Waals surface area contributed by atoms with E-state index in [1.165, 1.54) is 0 Å². The van der Waals surface area contributed by atoms with Crippen molar-refractivity contribution in [3.8, 4) is 0 Å². The van der Waals surface area contributed by atoms with Crippen LogP contribution < -0.4 is 10.6 Å². The van der Waals surface area contributed by atoms with E-state index in [0.717, 1.165) is 16.6 Å². The van der Waals surface area contributed by atoms with Crippen molar-refractivity contribution in [3.63, 3.8) is 0 Å². The highest BCUT2D eigenvalue weighted by atomic mass is 35.5. The van der Waals surface area contributed by atoms with E-state index in [9.17, 15) is 4.79 Å². The van der Waals surface area contributed by atoms with Crippen LogP contribution in [-0.4, -0.2) is 24.5 Å². The molecule has 2 aromatic rings. The van der Waals surface area contributed by atoms with Crippen molar-refractivity contribution in [2.75, 3.05) is 18.9 Å². The molecule has 0 aliphatic carbocycles. The van der Waals surface area contributed by atoms with E-state index in [4.69, 9.17) is 0 Å². The van der Waals surface area contributed by atoms with Gasteiger partial charge < -0.3 is 10.6 Å². The lowest BCUT2D eigenvalue weighted by atomic mass is 10.1. The molecule has 0 radical (unpaired) electrons. The average Bonchev–Trinajstić information content (AvgIpc) is 2.39. The number of hydrogen-bond donors (Lipinski definition) is 2. The number of aromatic nitrogens is 1. The SMILES string of the molecule is CNCC(C)C(=O)Nc1cccc2ncccc12.Cl.Cl. The fourth-order valence-electron chi connectivity index (χ4n) is 1.87. The maximum Gasteiger partial charge on any atom is 0.228 e. The van der Waals surface area contributed by atoms with E-state index in [2.05, 4.69) is 15.6 Å². The van der Waals surface area contributed by atoms with Crippen molar-refractivity contribution in [3.05, 3.63) is 36.5 Å². The second kappa shape index (κ2) is 8.74. The van der Waals surface area contributed by atoms with Crippen LogP contribution in [0.2, 0.25) is 0 Å². The molecule has 0 bridgehead atoms. The van der Waals surface area contributed by atoms with Crippen molar-refractivity contribution in [2.45, 2.75) is 6.92 Å². The summed E-state index contributed by atoms with van der Waals surface area (Å²) < 4.78 is 0. The summed E-state index contributed by atoms with van der Waals surface area (Å²) in [7, 11) is 1.84. The number of anilines is 1. The molecule has 0 saturated carbocycles. The van der Waals surface area contributed by atoms with Crippen LogP contribution in [0.3, 0.4) is 0 Å². The highest BCUT2D eigenvalue weighted by Crippen LogP contribution is 2.21. The maximum atomic E-state index is 12.0. The van der Waals surface area contributed by atoms with E-state index in [-0.39, 0.29) is 36.6 Å². The average molecular weight is 316 g/mol. The van der Waals surface area contributed by atoms with Crippen molar-refractivity contribution >= 4 is 47.3 Å². The highest BCUT2D eigenvalue weighted by molar-refractivity contribution is 6.01. The summed E-state index contributed by atoms with van der Waals surface area (Å²) in [6, 6.07) is 9.55. The minimum absolute atomic E-state index is 0. The molecule has 1 amide bonds. The van der Waals surface area contributed by atoms with E-state index in [1.54, 1.807) is 6.20 Å². The second-order valence-electron chi connectivity index (χ2n) is 4.32. The van der Waals surface area contributed by atoms with Crippen LogP contribution in [0.4, 0.5) is 5.69 Å². The Bertz CT molecular complexity index is 558. The van der Waals surface area contributed by atoms with Gasteiger partial charge in [-0.25, -0.2) is 0 Å². The Morgan fingerprint density at radius 2 is 2.00 bits per heavy atom. The number of amides is 1. The summed E-state index contributed by atoms with van der Waals surface area (Å²) in [6.45, 7) is 2.56. The number of nitrogens with zero attached hydrogens (tertiary/aromatic N) is 1. The molecule has 6 heteroatoms. The number of pyridine rings is 1. The van der Waals surface area contributed by atoms with E-state index < -0.39 is 0 Å². The highest BCUT2D eigenvalue weighted by Gasteiger charge is 2.13. The number of rotatable bonds is 4.